The fourth-order valence-corrected chi connectivity index (χ4v) is 1.81. The van der Waals surface area contributed by atoms with E-state index in [1.807, 2.05) is 19.1 Å². The van der Waals surface area contributed by atoms with Crippen LogP contribution in [0.2, 0.25) is 0 Å². The minimum atomic E-state index is 0.479. The summed E-state index contributed by atoms with van der Waals surface area (Å²) in [5.41, 5.74) is 7.29. The molecule has 102 valence electrons. The van der Waals surface area contributed by atoms with Crippen molar-refractivity contribution < 1.29 is 14.0 Å². The molecule has 1 aromatic carbocycles. The van der Waals surface area contributed by atoms with Gasteiger partial charge in [0.05, 0.1) is 14.2 Å². The lowest BCUT2D eigenvalue weighted by Crippen LogP contribution is -2.02. The zero-order valence-electron chi connectivity index (χ0n) is 11.3. The Hall–Kier alpha value is -2.08. The third-order valence-electron chi connectivity index (χ3n) is 2.80. The van der Waals surface area contributed by atoms with Crippen LogP contribution < -0.4 is 15.2 Å². The molecule has 0 radical (unpaired) electrons. The topological polar surface area (TPSA) is 83.4 Å². The number of aromatic nitrogens is 2. The molecule has 0 aliphatic carbocycles. The number of nitrogens with zero attached hydrogens (tertiary/aromatic N) is 2. The summed E-state index contributed by atoms with van der Waals surface area (Å²) in [6.07, 6.45) is 0.569. The summed E-state index contributed by atoms with van der Waals surface area (Å²) in [7, 11) is 3.19. The molecular formula is C13H17N3O3. The van der Waals surface area contributed by atoms with Gasteiger partial charge in [-0.3, -0.25) is 0 Å². The van der Waals surface area contributed by atoms with Gasteiger partial charge < -0.3 is 19.7 Å². The van der Waals surface area contributed by atoms with Gasteiger partial charge in [0.1, 0.15) is 0 Å². The second-order valence-electron chi connectivity index (χ2n) is 4.07. The van der Waals surface area contributed by atoms with E-state index in [-0.39, 0.29) is 0 Å². The second-order valence-corrected chi connectivity index (χ2v) is 4.07. The molecule has 0 bridgehead atoms. The van der Waals surface area contributed by atoms with E-state index in [0.717, 1.165) is 11.1 Å². The van der Waals surface area contributed by atoms with Crippen molar-refractivity contribution in [2.45, 2.75) is 13.3 Å². The van der Waals surface area contributed by atoms with E-state index in [1.54, 1.807) is 14.2 Å². The molecule has 2 N–H and O–H groups in total. The molecular weight excluding hydrogens is 246 g/mol. The highest BCUT2D eigenvalue weighted by Gasteiger charge is 2.14. The SMILES string of the molecule is COc1cc(C)c(-c2noc(CCN)n2)cc1OC. The molecule has 6 nitrogen and oxygen atoms in total. The highest BCUT2D eigenvalue weighted by molar-refractivity contribution is 5.65. The van der Waals surface area contributed by atoms with Crippen LogP contribution in [0.1, 0.15) is 11.5 Å². The highest BCUT2D eigenvalue weighted by Crippen LogP contribution is 2.34. The first-order chi connectivity index (χ1) is 9.19. The van der Waals surface area contributed by atoms with E-state index in [1.165, 1.54) is 0 Å². The van der Waals surface area contributed by atoms with Gasteiger partial charge in [0.15, 0.2) is 11.5 Å². The molecule has 1 aromatic heterocycles. The maximum absolute atomic E-state index is 5.46. The first-order valence-corrected chi connectivity index (χ1v) is 5.95. The Balaban J connectivity index is 2.42. The first kappa shape index (κ1) is 13.4. The Morgan fingerprint density at radius 1 is 1.21 bits per heavy atom. The Morgan fingerprint density at radius 2 is 1.89 bits per heavy atom. The van der Waals surface area contributed by atoms with Gasteiger partial charge in [-0.15, -0.1) is 0 Å². The zero-order chi connectivity index (χ0) is 13.8. The van der Waals surface area contributed by atoms with Crippen LogP contribution in [-0.4, -0.2) is 30.9 Å². The first-order valence-electron chi connectivity index (χ1n) is 5.95. The molecule has 0 saturated heterocycles. The van der Waals surface area contributed by atoms with E-state index in [2.05, 4.69) is 10.1 Å². The summed E-state index contributed by atoms with van der Waals surface area (Å²) >= 11 is 0. The lowest BCUT2D eigenvalue weighted by molar-refractivity contribution is 0.354. The number of nitrogens with two attached hydrogens (primary N) is 1. The lowest BCUT2D eigenvalue weighted by Gasteiger charge is -2.10. The van der Waals surface area contributed by atoms with Crippen LogP contribution in [0, 0.1) is 6.92 Å². The lowest BCUT2D eigenvalue weighted by atomic mass is 10.1. The molecule has 0 unspecified atom stereocenters. The van der Waals surface area contributed by atoms with Gasteiger partial charge in [-0.2, -0.15) is 4.98 Å². The Bertz CT molecular complexity index is 566. The van der Waals surface area contributed by atoms with Crippen LogP contribution in [0.25, 0.3) is 11.4 Å². The van der Waals surface area contributed by atoms with Gasteiger partial charge in [0, 0.05) is 18.5 Å². The van der Waals surface area contributed by atoms with Crippen molar-refractivity contribution in [3.63, 3.8) is 0 Å². The predicted octanol–water partition coefficient (Wildman–Crippen LogP) is 1.56. The molecule has 19 heavy (non-hydrogen) atoms. The van der Waals surface area contributed by atoms with Crippen LogP contribution in [0.4, 0.5) is 0 Å². The van der Waals surface area contributed by atoms with Crippen LogP contribution in [0.5, 0.6) is 11.5 Å². The molecule has 2 rings (SSSR count). The number of ether oxygens (including phenoxy) is 2. The van der Waals surface area contributed by atoms with E-state index in [4.69, 9.17) is 19.7 Å². The van der Waals surface area contributed by atoms with Crippen molar-refractivity contribution in [1.82, 2.24) is 10.1 Å². The van der Waals surface area contributed by atoms with E-state index in [0.29, 0.717) is 36.2 Å². The van der Waals surface area contributed by atoms with Crippen molar-refractivity contribution in [3.8, 4) is 22.9 Å². The molecule has 0 spiro atoms. The maximum atomic E-state index is 5.46. The molecule has 0 amide bonds. The molecule has 0 saturated carbocycles. The predicted molar refractivity (Wildman–Crippen MR) is 70.3 cm³/mol. The van der Waals surface area contributed by atoms with Crippen molar-refractivity contribution >= 4 is 0 Å². The molecule has 0 aliphatic heterocycles. The largest absolute Gasteiger partial charge is 0.493 e. The number of hydrogen-bond donors (Lipinski definition) is 1. The molecule has 2 aromatic rings. The summed E-state index contributed by atoms with van der Waals surface area (Å²) < 4.78 is 15.7. The monoisotopic (exact) mass is 263 g/mol. The third kappa shape index (κ3) is 2.68. The van der Waals surface area contributed by atoms with Crippen molar-refractivity contribution in [3.05, 3.63) is 23.6 Å². The minimum absolute atomic E-state index is 0.479. The molecule has 1 heterocycles. The fourth-order valence-electron chi connectivity index (χ4n) is 1.81. The van der Waals surface area contributed by atoms with Crippen molar-refractivity contribution in [1.29, 1.82) is 0 Å². The molecule has 0 atom stereocenters. The maximum Gasteiger partial charge on any atom is 0.228 e. The van der Waals surface area contributed by atoms with Gasteiger partial charge in [0.2, 0.25) is 11.7 Å². The van der Waals surface area contributed by atoms with Crippen molar-refractivity contribution in [2.75, 3.05) is 20.8 Å². The second kappa shape index (κ2) is 5.71. The van der Waals surface area contributed by atoms with Crippen LogP contribution >= 0.6 is 0 Å². The fraction of sp³-hybridized carbons (Fsp3) is 0.385. The van der Waals surface area contributed by atoms with Crippen LogP contribution in [-0.2, 0) is 6.42 Å². The minimum Gasteiger partial charge on any atom is -0.493 e. The van der Waals surface area contributed by atoms with Gasteiger partial charge in [-0.25, -0.2) is 0 Å². The molecule has 0 aliphatic rings. The van der Waals surface area contributed by atoms with Crippen LogP contribution in [0.3, 0.4) is 0 Å². The molecule has 6 heteroatoms. The standard InChI is InChI=1S/C13H17N3O3/c1-8-6-10(17-2)11(18-3)7-9(8)13-15-12(4-5-14)19-16-13/h6-7H,4-5,14H2,1-3H3. The number of hydrogen-bond acceptors (Lipinski definition) is 6. The third-order valence-corrected chi connectivity index (χ3v) is 2.80. The Morgan fingerprint density at radius 3 is 2.53 bits per heavy atom. The van der Waals surface area contributed by atoms with Gasteiger partial charge in [0.25, 0.3) is 0 Å². The summed E-state index contributed by atoms with van der Waals surface area (Å²) in [6, 6.07) is 3.72. The Kier molecular flexibility index (Phi) is 4.01. The van der Waals surface area contributed by atoms with E-state index in [9.17, 15) is 0 Å². The van der Waals surface area contributed by atoms with Gasteiger partial charge in [-0.1, -0.05) is 5.16 Å². The summed E-state index contributed by atoms with van der Waals surface area (Å²) in [6.45, 7) is 2.43. The van der Waals surface area contributed by atoms with Crippen molar-refractivity contribution in [2.24, 2.45) is 5.73 Å². The number of rotatable bonds is 5. The zero-order valence-corrected chi connectivity index (χ0v) is 11.3. The summed E-state index contributed by atoms with van der Waals surface area (Å²) in [4.78, 5) is 4.31. The smallest absolute Gasteiger partial charge is 0.228 e. The van der Waals surface area contributed by atoms with Gasteiger partial charge >= 0.3 is 0 Å². The molecule has 0 fully saturated rings. The summed E-state index contributed by atoms with van der Waals surface area (Å²) in [5, 5.41) is 3.96. The average molecular weight is 263 g/mol. The van der Waals surface area contributed by atoms with E-state index >= 15 is 0 Å². The average Bonchev–Trinajstić information content (AvgIpc) is 2.87. The number of benzene rings is 1. The summed E-state index contributed by atoms with van der Waals surface area (Å²) in [5.74, 6) is 2.37. The number of methoxy groups -OCH3 is 2. The van der Waals surface area contributed by atoms with Crippen LogP contribution in [0.15, 0.2) is 16.7 Å². The van der Waals surface area contributed by atoms with E-state index < -0.39 is 0 Å². The quantitative estimate of drug-likeness (QED) is 0.881. The Labute approximate surface area is 111 Å². The normalized spacial score (nSPS) is 10.5. The number of aryl methyl sites for hydroxylation is 1. The van der Waals surface area contributed by atoms with Gasteiger partial charge in [-0.05, 0) is 24.6 Å². The highest BCUT2D eigenvalue weighted by atomic mass is 16.5.